The maximum Gasteiger partial charge on any atom is 1.00 e. The Hall–Kier alpha value is 0.360. The monoisotopic (exact) mass is 337 g/mol. The van der Waals surface area contributed by atoms with Gasteiger partial charge < -0.3 is 10.4 Å². The minimum atomic E-state index is -0.462. The van der Waals surface area contributed by atoms with Crippen LogP contribution in [0.5, 0.6) is 0 Å². The first kappa shape index (κ1) is 24.6. The van der Waals surface area contributed by atoms with Gasteiger partial charge in [-0.15, -0.1) is 12.2 Å². The summed E-state index contributed by atoms with van der Waals surface area (Å²) in [5.41, 5.74) is 0. The van der Waals surface area contributed by atoms with Gasteiger partial charge in [0, 0.05) is 6.42 Å². The number of carbonyl (C=O) groups is 1. The second-order valence-corrected chi connectivity index (χ2v) is 6.21. The molecule has 0 saturated carbocycles. The molecule has 22 heavy (non-hydrogen) atoms. The molecule has 0 heterocycles. The molecule has 1 amide bonds. The van der Waals surface area contributed by atoms with Crippen LogP contribution >= 0.6 is 12.2 Å². The summed E-state index contributed by atoms with van der Waals surface area (Å²) in [5, 5.41) is 13.6. The molecule has 0 radical (unpaired) electrons. The number of rotatable bonds is 14. The average molecular weight is 338 g/mol. The van der Waals surface area contributed by atoms with Gasteiger partial charge in [-0.3, -0.25) is 4.79 Å². The third-order valence-electron chi connectivity index (χ3n) is 3.70. The molecule has 1 unspecified atom stereocenters. The predicted octanol–water partition coefficient (Wildman–Crippen LogP) is 0.884. The number of nitrogens with one attached hydrogen (secondary N) is 1. The van der Waals surface area contributed by atoms with Gasteiger partial charge in [-0.25, -0.2) is 0 Å². The van der Waals surface area contributed by atoms with Gasteiger partial charge in [-0.05, 0) is 17.9 Å². The van der Waals surface area contributed by atoms with Crippen molar-refractivity contribution in [3.05, 3.63) is 0 Å². The van der Waals surface area contributed by atoms with E-state index in [1.807, 2.05) is 6.92 Å². The number of thiocarbonyl (C=S) groups is 1. The second kappa shape index (κ2) is 17.7. The predicted molar refractivity (Wildman–Crippen MR) is 91.3 cm³/mol. The van der Waals surface area contributed by atoms with Crippen LogP contribution in [0.3, 0.4) is 0 Å². The minimum Gasteiger partial charge on any atom is -0.866 e. The van der Waals surface area contributed by atoms with Crippen LogP contribution in [0.25, 0.3) is 0 Å². The van der Waals surface area contributed by atoms with Crippen molar-refractivity contribution in [1.82, 2.24) is 5.32 Å². The molecule has 1 atom stereocenters. The fraction of sp³-hybridized carbons (Fsp3) is 0.882. The Morgan fingerprint density at radius 2 is 1.45 bits per heavy atom. The van der Waals surface area contributed by atoms with E-state index >= 15 is 0 Å². The molecule has 1 N–H and O–H groups in total. The maximum atomic E-state index is 11.7. The van der Waals surface area contributed by atoms with Crippen molar-refractivity contribution in [1.29, 1.82) is 0 Å². The fourth-order valence-electron chi connectivity index (χ4n) is 2.40. The average Bonchev–Trinajstić information content (AvgIpc) is 2.45. The summed E-state index contributed by atoms with van der Waals surface area (Å²) >= 11 is 4.64. The maximum absolute atomic E-state index is 11.7. The first-order valence-corrected chi connectivity index (χ1v) is 9.02. The third-order valence-corrected chi connectivity index (χ3v) is 3.99. The quantitative estimate of drug-likeness (QED) is 0.291. The van der Waals surface area contributed by atoms with Gasteiger partial charge >= 0.3 is 29.6 Å². The Bertz CT molecular complexity index is 288. The molecule has 0 saturated heterocycles. The summed E-state index contributed by atoms with van der Waals surface area (Å²) < 4.78 is 0. The smallest absolute Gasteiger partial charge is 0.866 e. The van der Waals surface area contributed by atoms with Crippen molar-refractivity contribution in [2.24, 2.45) is 0 Å². The Labute approximate surface area is 164 Å². The molecular formula is C17H32NNaO2S. The Kier molecular flexibility index (Phi) is 19.8. The van der Waals surface area contributed by atoms with Gasteiger partial charge in [-0.2, -0.15) is 0 Å². The standard InChI is InChI=1S/C17H33NO2S.Na/c1-3-5-6-7-8-9-10-11-12-14-16(19)18-15(13-4-2)17(20)21;/h15H,3-14H2,1-2H3,(H,18,19)(H,20,21);/q;+1/p-1. The van der Waals surface area contributed by atoms with E-state index in [4.69, 9.17) is 0 Å². The summed E-state index contributed by atoms with van der Waals surface area (Å²) in [6.45, 7) is 4.22. The zero-order valence-corrected chi connectivity index (χ0v) is 17.6. The van der Waals surface area contributed by atoms with Crippen LogP contribution < -0.4 is 40.0 Å². The molecule has 0 fully saturated rings. The second-order valence-electron chi connectivity index (χ2n) is 5.81. The summed E-state index contributed by atoms with van der Waals surface area (Å²) in [4.78, 5) is 11.7. The van der Waals surface area contributed by atoms with E-state index in [9.17, 15) is 9.90 Å². The van der Waals surface area contributed by atoms with Crippen molar-refractivity contribution in [2.45, 2.75) is 96.9 Å². The molecule has 0 spiro atoms. The minimum absolute atomic E-state index is 0. The van der Waals surface area contributed by atoms with E-state index in [2.05, 4.69) is 24.5 Å². The molecule has 0 aliphatic rings. The number of carbonyl (C=O) groups excluding carboxylic acids is 1. The third kappa shape index (κ3) is 15.3. The van der Waals surface area contributed by atoms with Gasteiger partial charge in [0.25, 0.3) is 0 Å². The fourth-order valence-corrected chi connectivity index (χ4v) is 2.58. The molecule has 0 aromatic carbocycles. The zero-order valence-electron chi connectivity index (χ0n) is 14.8. The van der Waals surface area contributed by atoms with Gasteiger partial charge in [-0.1, -0.05) is 71.6 Å². The van der Waals surface area contributed by atoms with Crippen LogP contribution in [0.1, 0.15) is 90.9 Å². The van der Waals surface area contributed by atoms with Crippen LogP contribution in [-0.2, 0) is 4.79 Å². The van der Waals surface area contributed by atoms with E-state index in [0.717, 1.165) is 19.3 Å². The van der Waals surface area contributed by atoms with E-state index in [-0.39, 0.29) is 40.5 Å². The molecule has 3 nitrogen and oxygen atoms in total. The molecule has 0 aliphatic carbocycles. The topological polar surface area (TPSA) is 52.2 Å². The largest absolute Gasteiger partial charge is 1.00 e. The van der Waals surface area contributed by atoms with Crippen LogP contribution in [0.4, 0.5) is 0 Å². The summed E-state index contributed by atoms with van der Waals surface area (Å²) in [5.74, 6) is -0.0328. The van der Waals surface area contributed by atoms with Gasteiger partial charge in [0.2, 0.25) is 5.91 Å². The van der Waals surface area contributed by atoms with Crippen LogP contribution in [0, 0.1) is 0 Å². The molecule has 0 aromatic rings. The Morgan fingerprint density at radius 1 is 0.955 bits per heavy atom. The molecule has 0 aromatic heterocycles. The zero-order chi connectivity index (χ0) is 15.9. The van der Waals surface area contributed by atoms with E-state index in [1.54, 1.807) is 0 Å². The van der Waals surface area contributed by atoms with Crippen LogP contribution in [0.15, 0.2) is 0 Å². The molecule has 5 heteroatoms. The van der Waals surface area contributed by atoms with Crippen molar-refractivity contribution < 1.29 is 39.5 Å². The SMILES string of the molecule is CCCCCCCCCCCC(=O)NC(CCC)C([O-])=S.[Na+]. The first-order chi connectivity index (χ1) is 10.1. The molecule has 0 bridgehead atoms. The Morgan fingerprint density at radius 3 is 1.91 bits per heavy atom. The molecule has 124 valence electrons. The number of hydrogen-bond acceptors (Lipinski definition) is 3. The summed E-state index contributed by atoms with van der Waals surface area (Å²) in [6, 6.07) is -0.462. The Balaban J connectivity index is 0. The van der Waals surface area contributed by atoms with Gasteiger partial charge in [0.1, 0.15) is 0 Å². The van der Waals surface area contributed by atoms with Gasteiger partial charge in [0.05, 0.1) is 6.04 Å². The molecule has 0 aliphatic heterocycles. The number of unbranched alkanes of at least 4 members (excludes halogenated alkanes) is 8. The van der Waals surface area contributed by atoms with Crippen molar-refractivity contribution in [3.8, 4) is 0 Å². The summed E-state index contributed by atoms with van der Waals surface area (Å²) in [6.07, 6.45) is 13.1. The van der Waals surface area contributed by atoms with Crippen molar-refractivity contribution in [2.75, 3.05) is 0 Å². The summed E-state index contributed by atoms with van der Waals surface area (Å²) in [7, 11) is 0. The van der Waals surface area contributed by atoms with Gasteiger partial charge in [0.15, 0.2) is 0 Å². The molecular weight excluding hydrogens is 305 g/mol. The van der Waals surface area contributed by atoms with Crippen LogP contribution in [-0.4, -0.2) is 17.0 Å². The molecule has 0 rings (SSSR count). The van der Waals surface area contributed by atoms with E-state index in [1.165, 1.54) is 44.9 Å². The van der Waals surface area contributed by atoms with Crippen molar-refractivity contribution in [3.63, 3.8) is 0 Å². The van der Waals surface area contributed by atoms with E-state index < -0.39 is 6.04 Å². The number of amides is 1. The van der Waals surface area contributed by atoms with E-state index in [0.29, 0.717) is 12.8 Å². The normalized spacial score (nSPS) is 11.5. The number of hydrogen-bond donors (Lipinski definition) is 1. The first-order valence-electron chi connectivity index (χ1n) is 8.62. The van der Waals surface area contributed by atoms with Crippen molar-refractivity contribution >= 4 is 23.2 Å². The van der Waals surface area contributed by atoms with Crippen LogP contribution in [0.2, 0.25) is 0 Å².